The number of aliphatic hydroxyl groups excluding tert-OH is 1. The molecule has 14 heteroatoms. The zero-order valence-electron chi connectivity index (χ0n) is 13.1. The minimum absolute atomic E-state index is 0.321. The molecule has 0 radical (unpaired) electrons. The summed E-state index contributed by atoms with van der Waals surface area (Å²) < 4.78 is 131. The van der Waals surface area contributed by atoms with Crippen LogP contribution < -0.4 is 0 Å². The Labute approximate surface area is 143 Å². The summed E-state index contributed by atoms with van der Waals surface area (Å²) in [6, 6.07) is -0.654. The van der Waals surface area contributed by atoms with Crippen LogP contribution in [0.4, 0.5) is 43.9 Å². The van der Waals surface area contributed by atoms with Gasteiger partial charge in [-0.05, 0) is 13.0 Å². The van der Waals surface area contributed by atoms with Crippen molar-refractivity contribution in [2.45, 2.75) is 37.7 Å². The number of aliphatic hydroxyl groups is 1. The molecule has 1 N–H and O–H groups in total. The molecule has 2 rings (SSSR count). The zero-order valence-corrected chi connectivity index (χ0v) is 13.1. The van der Waals surface area contributed by atoms with Gasteiger partial charge in [0.25, 0.3) is 0 Å². The number of fused-ring (bicyclic) bond motifs is 1. The van der Waals surface area contributed by atoms with Crippen molar-refractivity contribution >= 4 is 11.2 Å². The Morgan fingerprint density at radius 1 is 0.889 bits per heavy atom. The molecule has 0 bridgehead atoms. The maximum absolute atomic E-state index is 13.8. The van der Waals surface area contributed by atoms with Crippen molar-refractivity contribution < 1.29 is 49.0 Å². The fourth-order valence-electron chi connectivity index (χ4n) is 2.26. The Bertz CT molecular complexity index is 853. The van der Waals surface area contributed by atoms with Gasteiger partial charge in [-0.3, -0.25) is 0 Å². The minimum atomic E-state index is -6.30. The summed E-state index contributed by atoms with van der Waals surface area (Å²) in [6.45, 7) is -0.208. The highest BCUT2D eigenvalue weighted by molar-refractivity contribution is 5.77. The van der Waals surface area contributed by atoms with Crippen LogP contribution in [0.3, 0.4) is 0 Å². The van der Waals surface area contributed by atoms with Crippen LogP contribution in [-0.4, -0.2) is 38.6 Å². The normalized spacial score (nSPS) is 14.2. The molecule has 0 aliphatic heterocycles. The molecule has 0 fully saturated rings. The molecule has 0 atom stereocenters. The molecule has 2 heterocycles. The number of pyridine rings is 1. The first-order valence-corrected chi connectivity index (χ1v) is 6.94. The van der Waals surface area contributed by atoms with Crippen molar-refractivity contribution in [3.63, 3.8) is 0 Å². The third-order valence-corrected chi connectivity index (χ3v) is 3.59. The second kappa shape index (κ2) is 6.21. The predicted octanol–water partition coefficient (Wildman–Crippen LogP) is 4.04. The SMILES string of the molecule is Cc1nc2c(C(F)(F)C(F)(F)F)cc(C(F)(F)C(F)(F)F)nc2n1CCO. The van der Waals surface area contributed by atoms with E-state index >= 15 is 0 Å². The largest absolute Gasteiger partial charge is 0.459 e. The fourth-order valence-corrected chi connectivity index (χ4v) is 2.26. The van der Waals surface area contributed by atoms with E-state index in [1.165, 1.54) is 0 Å². The summed E-state index contributed by atoms with van der Waals surface area (Å²) in [5, 5.41) is 8.91. The van der Waals surface area contributed by atoms with Crippen LogP contribution in [0.25, 0.3) is 11.2 Å². The van der Waals surface area contributed by atoms with E-state index in [1.807, 2.05) is 0 Å². The van der Waals surface area contributed by atoms with E-state index < -0.39 is 65.8 Å². The Kier molecular flexibility index (Phi) is 4.87. The predicted molar refractivity (Wildman–Crippen MR) is 69.2 cm³/mol. The van der Waals surface area contributed by atoms with E-state index in [0.29, 0.717) is 4.57 Å². The molecule has 27 heavy (non-hydrogen) atoms. The lowest BCUT2D eigenvalue weighted by molar-refractivity contribution is -0.293. The zero-order chi connectivity index (χ0) is 21.0. The summed E-state index contributed by atoms with van der Waals surface area (Å²) in [5.41, 5.74) is -6.81. The summed E-state index contributed by atoms with van der Waals surface area (Å²) >= 11 is 0. The average molecular weight is 413 g/mol. The van der Waals surface area contributed by atoms with E-state index in [9.17, 15) is 43.9 Å². The number of nitrogens with zero attached hydrogens (tertiary/aromatic N) is 3. The molecule has 0 aliphatic carbocycles. The van der Waals surface area contributed by atoms with E-state index in [0.717, 1.165) is 6.92 Å². The van der Waals surface area contributed by atoms with Crippen molar-refractivity contribution in [2.24, 2.45) is 0 Å². The van der Waals surface area contributed by atoms with Gasteiger partial charge in [0.1, 0.15) is 17.0 Å². The molecule has 2 aromatic heterocycles. The highest BCUT2D eigenvalue weighted by atomic mass is 19.4. The number of imidazole rings is 1. The van der Waals surface area contributed by atoms with Gasteiger partial charge in [-0.25, -0.2) is 9.97 Å². The fraction of sp³-hybridized carbons (Fsp3) is 0.538. The summed E-state index contributed by atoms with van der Waals surface area (Å²) in [4.78, 5) is 6.31. The molecule has 0 aliphatic rings. The standard InChI is InChI=1S/C13H9F10N3O/c1-5-24-8-6(10(14,15)12(18,19)20)4-7(11(16,17)13(21,22)23)25-9(8)26(5)2-3-27/h4,27H,2-3H2,1H3. The summed E-state index contributed by atoms with van der Waals surface area (Å²) in [7, 11) is 0. The second-order valence-electron chi connectivity index (χ2n) is 5.41. The van der Waals surface area contributed by atoms with Gasteiger partial charge in [-0.2, -0.15) is 43.9 Å². The molecule has 0 amide bonds. The second-order valence-corrected chi connectivity index (χ2v) is 5.41. The molecule has 0 saturated carbocycles. The molecule has 0 saturated heterocycles. The average Bonchev–Trinajstić information content (AvgIpc) is 2.80. The first kappa shape index (κ1) is 21.2. The maximum Gasteiger partial charge on any atom is 0.459 e. The lowest BCUT2D eigenvalue weighted by atomic mass is 10.0. The number of aromatic nitrogens is 3. The Hall–Kier alpha value is -2.12. The Morgan fingerprint density at radius 3 is 1.85 bits per heavy atom. The molecule has 2 aromatic rings. The summed E-state index contributed by atoms with van der Waals surface area (Å²) in [5.74, 6) is -11.9. The Balaban J connectivity index is 2.95. The van der Waals surface area contributed by atoms with Crippen LogP contribution in [0.15, 0.2) is 6.07 Å². The number of alkyl halides is 10. The van der Waals surface area contributed by atoms with Gasteiger partial charge in [0.05, 0.1) is 12.2 Å². The van der Waals surface area contributed by atoms with Crippen molar-refractivity contribution in [1.29, 1.82) is 0 Å². The highest BCUT2D eigenvalue weighted by Crippen LogP contribution is 2.49. The number of aryl methyl sites for hydroxylation is 1. The van der Waals surface area contributed by atoms with E-state index in [-0.39, 0.29) is 5.82 Å². The number of hydrogen-bond donors (Lipinski definition) is 1. The number of halogens is 10. The molecular formula is C13H9F10N3O. The van der Waals surface area contributed by atoms with Gasteiger partial charge in [0.2, 0.25) is 0 Å². The van der Waals surface area contributed by atoms with Gasteiger partial charge < -0.3 is 9.67 Å². The van der Waals surface area contributed by atoms with Crippen molar-refractivity contribution in [1.82, 2.24) is 14.5 Å². The first-order chi connectivity index (χ1) is 12.1. The molecule has 152 valence electrons. The first-order valence-electron chi connectivity index (χ1n) is 6.94. The highest BCUT2D eigenvalue weighted by Gasteiger charge is 2.63. The molecule has 0 aromatic carbocycles. The molecule has 0 spiro atoms. The van der Waals surface area contributed by atoms with Gasteiger partial charge in [-0.1, -0.05) is 0 Å². The maximum atomic E-state index is 13.8. The Morgan fingerprint density at radius 2 is 1.41 bits per heavy atom. The molecule has 0 unspecified atom stereocenters. The smallest absolute Gasteiger partial charge is 0.395 e. The van der Waals surface area contributed by atoms with E-state index in [2.05, 4.69) is 9.97 Å². The molecular weight excluding hydrogens is 404 g/mol. The number of hydrogen-bond acceptors (Lipinski definition) is 3. The number of rotatable bonds is 4. The van der Waals surface area contributed by atoms with Gasteiger partial charge in [0.15, 0.2) is 5.65 Å². The van der Waals surface area contributed by atoms with Crippen molar-refractivity contribution in [3.05, 3.63) is 23.1 Å². The molecule has 4 nitrogen and oxygen atoms in total. The lowest BCUT2D eigenvalue weighted by Crippen LogP contribution is -2.37. The third-order valence-electron chi connectivity index (χ3n) is 3.59. The quantitative estimate of drug-likeness (QED) is 0.770. The van der Waals surface area contributed by atoms with Gasteiger partial charge >= 0.3 is 24.2 Å². The third kappa shape index (κ3) is 3.30. The van der Waals surface area contributed by atoms with Crippen LogP contribution in [0.2, 0.25) is 0 Å². The van der Waals surface area contributed by atoms with Crippen LogP contribution in [0.1, 0.15) is 17.1 Å². The van der Waals surface area contributed by atoms with Crippen LogP contribution in [0, 0.1) is 6.92 Å². The van der Waals surface area contributed by atoms with Gasteiger partial charge in [-0.15, -0.1) is 0 Å². The van der Waals surface area contributed by atoms with E-state index in [4.69, 9.17) is 5.11 Å². The van der Waals surface area contributed by atoms with E-state index in [1.54, 1.807) is 0 Å². The van der Waals surface area contributed by atoms with Crippen molar-refractivity contribution in [2.75, 3.05) is 6.61 Å². The van der Waals surface area contributed by atoms with Crippen LogP contribution in [-0.2, 0) is 18.4 Å². The topological polar surface area (TPSA) is 50.9 Å². The monoisotopic (exact) mass is 413 g/mol. The lowest BCUT2D eigenvalue weighted by Gasteiger charge is -2.23. The van der Waals surface area contributed by atoms with Gasteiger partial charge in [0, 0.05) is 6.54 Å². The van der Waals surface area contributed by atoms with Crippen LogP contribution >= 0.6 is 0 Å². The van der Waals surface area contributed by atoms with Crippen LogP contribution in [0.5, 0.6) is 0 Å². The minimum Gasteiger partial charge on any atom is -0.395 e. The van der Waals surface area contributed by atoms with Crippen molar-refractivity contribution in [3.8, 4) is 0 Å². The summed E-state index contributed by atoms with van der Waals surface area (Å²) in [6.07, 6.45) is -12.6.